The van der Waals surface area contributed by atoms with Crippen LogP contribution in [0.2, 0.25) is 0 Å². The lowest BCUT2D eigenvalue weighted by Crippen LogP contribution is -2.41. The van der Waals surface area contributed by atoms with Gasteiger partial charge in [-0.3, -0.25) is 4.79 Å². The number of fused-ring (bicyclic) bond motifs is 5. The Kier molecular flexibility index (Phi) is 6.87. The highest BCUT2D eigenvalue weighted by molar-refractivity contribution is 14.0. The van der Waals surface area contributed by atoms with Crippen molar-refractivity contribution in [2.24, 2.45) is 16.8 Å². The van der Waals surface area contributed by atoms with Crippen LogP contribution in [0.1, 0.15) is 43.7 Å². The molecule has 5 rings (SSSR count). The Labute approximate surface area is 196 Å². The van der Waals surface area contributed by atoms with E-state index in [9.17, 15) is 4.79 Å². The molecule has 1 aromatic carbocycles. The molecule has 0 saturated carbocycles. The summed E-state index contributed by atoms with van der Waals surface area (Å²) >= 11 is 0. The van der Waals surface area contributed by atoms with Crippen LogP contribution in [0.5, 0.6) is 0 Å². The molecule has 6 nitrogen and oxygen atoms in total. The van der Waals surface area contributed by atoms with Gasteiger partial charge in [0.1, 0.15) is 0 Å². The summed E-state index contributed by atoms with van der Waals surface area (Å²) in [5, 5.41) is 3.50. The minimum Gasteiger partial charge on any atom is -0.374 e. The van der Waals surface area contributed by atoms with E-state index >= 15 is 0 Å². The highest BCUT2D eigenvalue weighted by Crippen LogP contribution is 2.47. The number of guanidine groups is 1. The first-order valence-corrected chi connectivity index (χ1v) is 11.3. The van der Waals surface area contributed by atoms with Gasteiger partial charge in [-0.05, 0) is 37.3 Å². The number of nitrogens with one attached hydrogen (secondary N) is 1. The van der Waals surface area contributed by atoms with Gasteiger partial charge in [0.15, 0.2) is 5.96 Å². The van der Waals surface area contributed by atoms with E-state index in [1.54, 1.807) is 0 Å². The average molecular weight is 524 g/mol. The second kappa shape index (κ2) is 9.42. The summed E-state index contributed by atoms with van der Waals surface area (Å²) in [5.74, 6) is 2.67. The average Bonchev–Trinajstić information content (AvgIpc) is 3.49. The molecule has 1 aromatic rings. The number of nitrogens with zero attached hydrogens (tertiary/aromatic N) is 3. The number of carbonyl (C=O) groups excluding carboxylic acids is 1. The first-order chi connectivity index (χ1) is 14.2. The third-order valence-electron chi connectivity index (χ3n) is 7.03. The van der Waals surface area contributed by atoms with Crippen molar-refractivity contribution in [3.8, 4) is 0 Å². The van der Waals surface area contributed by atoms with E-state index in [1.165, 1.54) is 24.0 Å². The smallest absolute Gasteiger partial charge is 0.222 e. The fourth-order valence-electron chi connectivity index (χ4n) is 5.64. The third kappa shape index (κ3) is 4.33. The van der Waals surface area contributed by atoms with Crippen LogP contribution in [-0.2, 0) is 22.6 Å². The van der Waals surface area contributed by atoms with Gasteiger partial charge in [0, 0.05) is 51.0 Å². The van der Waals surface area contributed by atoms with Crippen molar-refractivity contribution in [3.05, 3.63) is 35.4 Å². The Bertz CT molecular complexity index is 783. The monoisotopic (exact) mass is 524 g/mol. The zero-order chi connectivity index (χ0) is 19.8. The Morgan fingerprint density at radius 3 is 2.60 bits per heavy atom. The lowest BCUT2D eigenvalue weighted by atomic mass is 9.82. The number of likely N-dealkylation sites (tertiary alicyclic amines) is 2. The molecule has 2 bridgehead atoms. The van der Waals surface area contributed by atoms with E-state index in [-0.39, 0.29) is 29.9 Å². The van der Waals surface area contributed by atoms with Crippen LogP contribution in [-0.4, -0.2) is 60.1 Å². The third-order valence-corrected chi connectivity index (χ3v) is 7.03. The standard InChI is InChI=1S/C23H32N4O2.HI/c1-2-24-23(27-14-18-19(15-27)21-9-8-20(18)29-21)25-12-16-5-3-6-17(11-16)13-26-10-4-7-22(26)28;/h3,5-6,11,18-21H,2,4,7-10,12-15H2,1H3,(H,24,25);1H. The number of hydrogen-bond donors (Lipinski definition) is 1. The van der Waals surface area contributed by atoms with Crippen LogP contribution < -0.4 is 5.32 Å². The number of hydrogen-bond acceptors (Lipinski definition) is 3. The summed E-state index contributed by atoms with van der Waals surface area (Å²) in [6.07, 6.45) is 5.10. The summed E-state index contributed by atoms with van der Waals surface area (Å²) < 4.78 is 6.12. The van der Waals surface area contributed by atoms with Crippen molar-refractivity contribution in [2.75, 3.05) is 26.2 Å². The SMILES string of the molecule is CCNC(=NCc1cccc(CN2CCCC2=O)c1)N1CC2C3CCC(O3)C2C1.I. The van der Waals surface area contributed by atoms with Crippen molar-refractivity contribution in [3.63, 3.8) is 0 Å². The molecule has 4 aliphatic heterocycles. The summed E-state index contributed by atoms with van der Waals surface area (Å²) in [5.41, 5.74) is 2.40. The Morgan fingerprint density at radius 2 is 1.93 bits per heavy atom. The summed E-state index contributed by atoms with van der Waals surface area (Å²) in [6, 6.07) is 8.53. The second-order valence-corrected chi connectivity index (χ2v) is 8.93. The van der Waals surface area contributed by atoms with Gasteiger partial charge in [-0.2, -0.15) is 0 Å². The molecule has 4 heterocycles. The Hall–Kier alpha value is -1.35. The normalized spacial score (nSPS) is 30.0. The first kappa shape index (κ1) is 21.9. The van der Waals surface area contributed by atoms with E-state index in [1.807, 2.05) is 4.90 Å². The zero-order valence-corrected chi connectivity index (χ0v) is 20.1. The zero-order valence-electron chi connectivity index (χ0n) is 17.8. The van der Waals surface area contributed by atoms with Gasteiger partial charge in [0.25, 0.3) is 0 Å². The molecule has 0 aromatic heterocycles. The highest BCUT2D eigenvalue weighted by atomic mass is 127. The molecular formula is C23H33IN4O2. The minimum absolute atomic E-state index is 0. The van der Waals surface area contributed by atoms with Crippen molar-refractivity contribution in [1.29, 1.82) is 0 Å². The van der Waals surface area contributed by atoms with Gasteiger partial charge in [0.05, 0.1) is 18.8 Å². The summed E-state index contributed by atoms with van der Waals surface area (Å²) in [4.78, 5) is 21.3. The van der Waals surface area contributed by atoms with Gasteiger partial charge >= 0.3 is 0 Å². The van der Waals surface area contributed by atoms with Gasteiger partial charge in [-0.1, -0.05) is 24.3 Å². The van der Waals surface area contributed by atoms with Crippen LogP contribution in [0.25, 0.3) is 0 Å². The molecule has 30 heavy (non-hydrogen) atoms. The number of aliphatic imine (C=N–C) groups is 1. The van der Waals surface area contributed by atoms with Gasteiger partial charge < -0.3 is 19.9 Å². The van der Waals surface area contributed by atoms with E-state index < -0.39 is 0 Å². The quantitative estimate of drug-likeness (QED) is 0.366. The molecule has 4 atom stereocenters. The van der Waals surface area contributed by atoms with Crippen LogP contribution in [0, 0.1) is 11.8 Å². The number of carbonyl (C=O) groups is 1. The second-order valence-electron chi connectivity index (χ2n) is 8.93. The van der Waals surface area contributed by atoms with Crippen LogP contribution in [0.3, 0.4) is 0 Å². The van der Waals surface area contributed by atoms with E-state index in [0.29, 0.717) is 43.6 Å². The molecular weight excluding hydrogens is 491 g/mol. The molecule has 164 valence electrons. The molecule has 0 radical (unpaired) electrons. The number of benzene rings is 1. The van der Waals surface area contributed by atoms with E-state index in [0.717, 1.165) is 38.6 Å². The molecule has 4 fully saturated rings. The predicted octanol–water partition coefficient (Wildman–Crippen LogP) is 3.00. The number of ether oxygens (including phenoxy) is 1. The summed E-state index contributed by atoms with van der Waals surface area (Å²) in [6.45, 7) is 7.41. The van der Waals surface area contributed by atoms with Crippen molar-refractivity contribution in [2.45, 2.75) is 57.9 Å². The maximum absolute atomic E-state index is 11.9. The summed E-state index contributed by atoms with van der Waals surface area (Å²) in [7, 11) is 0. The molecule has 1 N–H and O–H groups in total. The van der Waals surface area contributed by atoms with E-state index in [2.05, 4.69) is 41.4 Å². The van der Waals surface area contributed by atoms with Crippen LogP contribution in [0.4, 0.5) is 0 Å². The molecule has 4 unspecified atom stereocenters. The molecule has 7 heteroatoms. The fourth-order valence-corrected chi connectivity index (χ4v) is 5.64. The largest absolute Gasteiger partial charge is 0.374 e. The van der Waals surface area contributed by atoms with Crippen molar-refractivity contribution in [1.82, 2.24) is 15.1 Å². The fraction of sp³-hybridized carbons (Fsp3) is 0.652. The minimum atomic E-state index is 0. The topological polar surface area (TPSA) is 57.2 Å². The van der Waals surface area contributed by atoms with Crippen LogP contribution >= 0.6 is 24.0 Å². The van der Waals surface area contributed by atoms with Crippen molar-refractivity contribution >= 4 is 35.8 Å². The van der Waals surface area contributed by atoms with Crippen LogP contribution in [0.15, 0.2) is 29.3 Å². The maximum atomic E-state index is 11.9. The lowest BCUT2D eigenvalue weighted by molar-refractivity contribution is -0.128. The molecule has 0 aliphatic carbocycles. The Balaban J connectivity index is 0.00000218. The first-order valence-electron chi connectivity index (χ1n) is 11.3. The molecule has 4 aliphatic rings. The number of rotatable bonds is 5. The number of amides is 1. The molecule has 1 amide bonds. The lowest BCUT2D eigenvalue weighted by Gasteiger charge is -2.23. The highest BCUT2D eigenvalue weighted by Gasteiger charge is 2.53. The molecule has 4 saturated heterocycles. The molecule has 0 spiro atoms. The predicted molar refractivity (Wildman–Crippen MR) is 128 cm³/mol. The van der Waals surface area contributed by atoms with Gasteiger partial charge in [0.2, 0.25) is 5.91 Å². The van der Waals surface area contributed by atoms with Gasteiger partial charge in [-0.15, -0.1) is 24.0 Å². The number of halogens is 1. The Morgan fingerprint density at radius 1 is 1.20 bits per heavy atom. The van der Waals surface area contributed by atoms with E-state index in [4.69, 9.17) is 9.73 Å². The maximum Gasteiger partial charge on any atom is 0.222 e. The van der Waals surface area contributed by atoms with Crippen molar-refractivity contribution < 1.29 is 9.53 Å². The van der Waals surface area contributed by atoms with Gasteiger partial charge in [-0.25, -0.2) is 4.99 Å².